The van der Waals surface area contributed by atoms with Gasteiger partial charge in [-0.15, -0.1) is 10.2 Å². The average molecular weight is 438 g/mol. The molecular weight excluding hydrogens is 418 g/mol. The van der Waals surface area contributed by atoms with Crippen molar-refractivity contribution in [2.24, 2.45) is 0 Å². The predicted molar refractivity (Wildman–Crippen MR) is 136 cm³/mol. The number of hydrogen-bond acceptors (Lipinski definition) is 3. The van der Waals surface area contributed by atoms with Crippen LogP contribution in [0, 0.1) is 0 Å². The van der Waals surface area contributed by atoms with Crippen LogP contribution in [0.25, 0.3) is 55.6 Å². The summed E-state index contributed by atoms with van der Waals surface area (Å²) in [6.07, 6.45) is 0. The molecule has 0 aliphatic carbocycles. The lowest BCUT2D eigenvalue weighted by Crippen LogP contribution is -2.00. The van der Waals surface area contributed by atoms with Gasteiger partial charge in [0.2, 0.25) is 0 Å². The first kappa shape index (κ1) is 18.8. The summed E-state index contributed by atoms with van der Waals surface area (Å²) in [6.45, 7) is 0. The molecule has 34 heavy (non-hydrogen) atoms. The zero-order valence-corrected chi connectivity index (χ0v) is 18.2. The van der Waals surface area contributed by atoms with Crippen LogP contribution in [0.4, 0.5) is 0 Å². The summed E-state index contributed by atoms with van der Waals surface area (Å²) >= 11 is 0. The maximum atomic E-state index is 4.96. The summed E-state index contributed by atoms with van der Waals surface area (Å²) in [7, 11) is 0. The summed E-state index contributed by atoms with van der Waals surface area (Å²) in [5.41, 5.74) is 6.87. The molecule has 5 nitrogen and oxygen atoms in total. The Bertz CT molecular complexity index is 1790. The predicted octanol–water partition coefficient (Wildman–Crippen LogP) is 6.58. The van der Waals surface area contributed by atoms with Crippen molar-refractivity contribution < 1.29 is 0 Å². The second kappa shape index (κ2) is 7.39. The lowest BCUT2D eigenvalue weighted by atomic mass is 10.1. The van der Waals surface area contributed by atoms with E-state index >= 15 is 0 Å². The molecule has 2 heterocycles. The Hall–Kier alpha value is -4.77. The van der Waals surface area contributed by atoms with Gasteiger partial charge in [0, 0.05) is 16.6 Å². The minimum Gasteiger partial charge on any atom is -0.292 e. The SMILES string of the molecule is c1ccc(-n2c(-c3ccc(-n4nc5ccc6ccccc6c5n4)cc3)nc3ccccc32)cc1. The van der Waals surface area contributed by atoms with Crippen LogP contribution in [0.1, 0.15) is 0 Å². The molecule has 2 aromatic heterocycles. The van der Waals surface area contributed by atoms with Crippen molar-refractivity contribution in [1.29, 1.82) is 0 Å². The zero-order chi connectivity index (χ0) is 22.5. The van der Waals surface area contributed by atoms with Crippen molar-refractivity contribution in [3.63, 3.8) is 0 Å². The molecule has 0 bridgehead atoms. The molecule has 5 aromatic carbocycles. The third-order valence-electron chi connectivity index (χ3n) is 6.21. The van der Waals surface area contributed by atoms with Gasteiger partial charge < -0.3 is 0 Å². The molecular formula is C29H19N5. The number of benzene rings is 5. The van der Waals surface area contributed by atoms with Crippen LogP contribution in [0.3, 0.4) is 0 Å². The first-order valence-electron chi connectivity index (χ1n) is 11.2. The van der Waals surface area contributed by atoms with Crippen molar-refractivity contribution >= 4 is 32.8 Å². The van der Waals surface area contributed by atoms with E-state index in [4.69, 9.17) is 15.2 Å². The highest BCUT2D eigenvalue weighted by molar-refractivity contribution is 6.03. The highest BCUT2D eigenvalue weighted by Crippen LogP contribution is 2.29. The summed E-state index contributed by atoms with van der Waals surface area (Å²) in [4.78, 5) is 6.66. The number of para-hydroxylation sites is 3. The van der Waals surface area contributed by atoms with Gasteiger partial charge in [0.15, 0.2) is 0 Å². The number of nitrogens with zero attached hydrogens (tertiary/aromatic N) is 5. The number of imidazole rings is 1. The molecule has 0 spiro atoms. The molecule has 0 radical (unpaired) electrons. The van der Waals surface area contributed by atoms with Crippen molar-refractivity contribution in [3.05, 3.63) is 115 Å². The topological polar surface area (TPSA) is 48.5 Å². The van der Waals surface area contributed by atoms with Gasteiger partial charge in [0.25, 0.3) is 0 Å². The van der Waals surface area contributed by atoms with Crippen LogP contribution in [-0.4, -0.2) is 24.5 Å². The quantitative estimate of drug-likeness (QED) is 0.314. The van der Waals surface area contributed by atoms with Gasteiger partial charge in [-0.25, -0.2) is 4.98 Å². The van der Waals surface area contributed by atoms with Crippen LogP contribution in [0.2, 0.25) is 0 Å². The fourth-order valence-electron chi connectivity index (χ4n) is 4.57. The fourth-order valence-corrected chi connectivity index (χ4v) is 4.57. The molecule has 160 valence electrons. The van der Waals surface area contributed by atoms with E-state index in [9.17, 15) is 0 Å². The lowest BCUT2D eigenvalue weighted by molar-refractivity contribution is 0.766. The second-order valence-electron chi connectivity index (χ2n) is 8.29. The molecule has 7 rings (SSSR count). The fraction of sp³-hybridized carbons (Fsp3) is 0. The van der Waals surface area contributed by atoms with Crippen LogP contribution < -0.4 is 0 Å². The van der Waals surface area contributed by atoms with E-state index in [2.05, 4.69) is 71.3 Å². The largest absolute Gasteiger partial charge is 0.292 e. The van der Waals surface area contributed by atoms with Gasteiger partial charge in [-0.1, -0.05) is 60.7 Å². The Morgan fingerprint density at radius 3 is 2.18 bits per heavy atom. The van der Waals surface area contributed by atoms with Crippen molar-refractivity contribution in [2.75, 3.05) is 0 Å². The maximum Gasteiger partial charge on any atom is 0.145 e. The van der Waals surface area contributed by atoms with E-state index in [1.807, 2.05) is 48.5 Å². The Kier molecular flexibility index (Phi) is 4.08. The molecule has 0 atom stereocenters. The second-order valence-corrected chi connectivity index (χ2v) is 8.29. The van der Waals surface area contributed by atoms with E-state index in [0.717, 1.165) is 55.6 Å². The molecule has 0 fully saturated rings. The molecule has 0 unspecified atom stereocenters. The van der Waals surface area contributed by atoms with Gasteiger partial charge in [0.1, 0.15) is 16.9 Å². The smallest absolute Gasteiger partial charge is 0.145 e. The van der Waals surface area contributed by atoms with Crippen LogP contribution >= 0.6 is 0 Å². The highest BCUT2D eigenvalue weighted by atomic mass is 15.5. The molecule has 0 N–H and O–H groups in total. The average Bonchev–Trinajstić information content (AvgIpc) is 3.52. The Labute approximate surface area is 195 Å². The molecule has 0 aliphatic heterocycles. The third-order valence-corrected chi connectivity index (χ3v) is 6.21. The standard InChI is InChI=1S/C29H19N5/c1-2-9-22(10-3-1)33-27-13-7-6-12-25(27)30-29(33)21-14-17-23(18-15-21)34-31-26-19-16-20-8-4-5-11-24(20)28(26)32-34/h1-19H. The summed E-state index contributed by atoms with van der Waals surface area (Å²) in [5, 5.41) is 11.8. The van der Waals surface area contributed by atoms with Gasteiger partial charge in [-0.05, 0) is 60.0 Å². The Morgan fingerprint density at radius 1 is 0.529 bits per heavy atom. The van der Waals surface area contributed by atoms with Gasteiger partial charge >= 0.3 is 0 Å². The first-order chi connectivity index (χ1) is 16.8. The van der Waals surface area contributed by atoms with E-state index in [1.165, 1.54) is 0 Å². The number of rotatable bonds is 3. The van der Waals surface area contributed by atoms with Crippen molar-refractivity contribution in [3.8, 4) is 22.8 Å². The zero-order valence-electron chi connectivity index (χ0n) is 18.2. The Morgan fingerprint density at radius 2 is 1.29 bits per heavy atom. The van der Waals surface area contributed by atoms with E-state index in [1.54, 1.807) is 4.80 Å². The molecule has 0 amide bonds. The monoisotopic (exact) mass is 437 g/mol. The lowest BCUT2D eigenvalue weighted by Gasteiger charge is -2.10. The van der Waals surface area contributed by atoms with Crippen LogP contribution in [-0.2, 0) is 0 Å². The third kappa shape index (κ3) is 2.91. The van der Waals surface area contributed by atoms with Crippen molar-refractivity contribution in [1.82, 2.24) is 24.5 Å². The summed E-state index contributed by atoms with van der Waals surface area (Å²) in [5.74, 6) is 0.906. The minimum absolute atomic E-state index is 0.883. The minimum atomic E-state index is 0.883. The summed E-state index contributed by atoms with van der Waals surface area (Å²) < 4.78 is 2.21. The molecule has 7 aromatic rings. The summed E-state index contributed by atoms with van der Waals surface area (Å²) in [6, 6.07) is 39.2. The van der Waals surface area contributed by atoms with E-state index in [-0.39, 0.29) is 0 Å². The first-order valence-corrected chi connectivity index (χ1v) is 11.2. The molecule has 0 saturated heterocycles. The highest BCUT2D eigenvalue weighted by Gasteiger charge is 2.15. The number of fused-ring (bicyclic) bond motifs is 4. The van der Waals surface area contributed by atoms with E-state index < -0.39 is 0 Å². The molecule has 0 saturated carbocycles. The van der Waals surface area contributed by atoms with Crippen LogP contribution in [0.5, 0.6) is 0 Å². The number of hydrogen-bond donors (Lipinski definition) is 0. The maximum absolute atomic E-state index is 4.96. The molecule has 5 heteroatoms. The van der Waals surface area contributed by atoms with Crippen molar-refractivity contribution in [2.45, 2.75) is 0 Å². The molecule has 0 aliphatic rings. The number of aromatic nitrogens is 5. The van der Waals surface area contributed by atoms with E-state index in [0.29, 0.717) is 0 Å². The van der Waals surface area contributed by atoms with Gasteiger partial charge in [-0.3, -0.25) is 4.57 Å². The normalized spacial score (nSPS) is 11.5. The van der Waals surface area contributed by atoms with Gasteiger partial charge in [0.05, 0.1) is 16.7 Å². The van der Waals surface area contributed by atoms with Crippen LogP contribution in [0.15, 0.2) is 115 Å². The Balaban J connectivity index is 1.35. The van der Waals surface area contributed by atoms with Gasteiger partial charge in [-0.2, -0.15) is 4.80 Å².